The molecular formula is C17H25NOS. The molecule has 0 unspecified atom stereocenters. The minimum atomic E-state index is 0.191. The first-order valence-corrected chi connectivity index (χ1v) is 8.28. The van der Waals surface area contributed by atoms with Crippen LogP contribution in [0.25, 0.3) is 0 Å². The van der Waals surface area contributed by atoms with Crippen molar-refractivity contribution >= 4 is 17.7 Å². The summed E-state index contributed by atoms with van der Waals surface area (Å²) in [6, 6.07) is 10.5. The van der Waals surface area contributed by atoms with Crippen molar-refractivity contribution in [2.24, 2.45) is 17.3 Å². The number of benzene rings is 1. The van der Waals surface area contributed by atoms with Gasteiger partial charge in [0.25, 0.3) is 0 Å². The SMILES string of the molecule is CN1C[C@@H](CSc2ccccc2)[C@H](CC(C)(C)C)C1=O. The zero-order valence-electron chi connectivity index (χ0n) is 12.9. The third kappa shape index (κ3) is 4.02. The van der Waals surface area contributed by atoms with Gasteiger partial charge in [-0.05, 0) is 29.9 Å². The average Bonchev–Trinajstić information content (AvgIpc) is 2.64. The predicted molar refractivity (Wildman–Crippen MR) is 85.9 cm³/mol. The quantitative estimate of drug-likeness (QED) is 0.784. The van der Waals surface area contributed by atoms with Crippen molar-refractivity contribution in [3.63, 3.8) is 0 Å². The van der Waals surface area contributed by atoms with Gasteiger partial charge in [-0.15, -0.1) is 11.8 Å². The Balaban J connectivity index is 1.99. The maximum Gasteiger partial charge on any atom is 0.225 e. The molecule has 0 aliphatic carbocycles. The molecule has 1 aliphatic heterocycles. The molecule has 3 heteroatoms. The van der Waals surface area contributed by atoms with Crippen LogP contribution in [-0.4, -0.2) is 30.2 Å². The monoisotopic (exact) mass is 291 g/mol. The molecule has 0 spiro atoms. The summed E-state index contributed by atoms with van der Waals surface area (Å²) in [6.45, 7) is 7.57. The average molecular weight is 291 g/mol. The van der Waals surface area contributed by atoms with E-state index in [4.69, 9.17) is 0 Å². The van der Waals surface area contributed by atoms with E-state index in [2.05, 4.69) is 45.0 Å². The number of thioether (sulfide) groups is 1. The second kappa shape index (κ2) is 6.21. The molecule has 1 fully saturated rings. The summed E-state index contributed by atoms with van der Waals surface area (Å²) in [5, 5.41) is 0. The van der Waals surface area contributed by atoms with Crippen LogP contribution in [0.2, 0.25) is 0 Å². The van der Waals surface area contributed by atoms with Gasteiger partial charge in [0, 0.05) is 30.2 Å². The van der Waals surface area contributed by atoms with Gasteiger partial charge in [-0.25, -0.2) is 0 Å². The third-order valence-corrected chi connectivity index (χ3v) is 5.01. The molecule has 1 saturated heterocycles. The van der Waals surface area contributed by atoms with E-state index in [0.29, 0.717) is 11.8 Å². The number of likely N-dealkylation sites (tertiary alicyclic amines) is 1. The van der Waals surface area contributed by atoms with Crippen LogP contribution < -0.4 is 0 Å². The lowest BCUT2D eigenvalue weighted by atomic mass is 9.80. The van der Waals surface area contributed by atoms with E-state index < -0.39 is 0 Å². The zero-order valence-corrected chi connectivity index (χ0v) is 13.7. The Labute approximate surface area is 126 Å². The fourth-order valence-corrected chi connectivity index (χ4v) is 3.95. The molecule has 2 atom stereocenters. The molecule has 1 aromatic carbocycles. The first-order valence-electron chi connectivity index (χ1n) is 7.29. The van der Waals surface area contributed by atoms with Crippen molar-refractivity contribution in [1.29, 1.82) is 0 Å². The van der Waals surface area contributed by atoms with Gasteiger partial charge in [-0.1, -0.05) is 39.0 Å². The van der Waals surface area contributed by atoms with Crippen LogP contribution in [0.3, 0.4) is 0 Å². The van der Waals surface area contributed by atoms with Crippen molar-refractivity contribution in [3.8, 4) is 0 Å². The summed E-state index contributed by atoms with van der Waals surface area (Å²) in [5.41, 5.74) is 0.209. The van der Waals surface area contributed by atoms with Crippen molar-refractivity contribution in [1.82, 2.24) is 4.90 Å². The minimum Gasteiger partial charge on any atom is -0.345 e. The Bertz CT molecular complexity index is 452. The van der Waals surface area contributed by atoms with Gasteiger partial charge in [0.15, 0.2) is 0 Å². The normalized spacial score (nSPS) is 23.4. The highest BCUT2D eigenvalue weighted by atomic mass is 32.2. The lowest BCUT2D eigenvalue weighted by molar-refractivity contribution is -0.130. The summed E-state index contributed by atoms with van der Waals surface area (Å²) in [5.74, 6) is 2.02. The molecule has 1 heterocycles. The highest BCUT2D eigenvalue weighted by Gasteiger charge is 2.40. The predicted octanol–water partition coefficient (Wildman–Crippen LogP) is 3.92. The Morgan fingerprint density at radius 1 is 1.25 bits per heavy atom. The number of carbonyl (C=O) groups excluding carboxylic acids is 1. The Hall–Kier alpha value is -0.960. The lowest BCUT2D eigenvalue weighted by Crippen LogP contribution is -2.26. The molecule has 0 saturated carbocycles. The van der Waals surface area contributed by atoms with E-state index in [1.807, 2.05) is 29.8 Å². The molecule has 2 nitrogen and oxygen atoms in total. The number of hydrogen-bond acceptors (Lipinski definition) is 2. The molecule has 2 rings (SSSR count). The van der Waals surface area contributed by atoms with Crippen LogP contribution in [0.4, 0.5) is 0 Å². The van der Waals surface area contributed by atoms with Crippen LogP contribution >= 0.6 is 11.8 Å². The van der Waals surface area contributed by atoms with Crippen molar-refractivity contribution in [2.75, 3.05) is 19.3 Å². The molecule has 0 aromatic heterocycles. The maximum atomic E-state index is 12.3. The molecule has 0 N–H and O–H groups in total. The van der Waals surface area contributed by atoms with E-state index in [-0.39, 0.29) is 11.3 Å². The third-order valence-electron chi connectivity index (χ3n) is 3.81. The highest BCUT2D eigenvalue weighted by molar-refractivity contribution is 7.99. The summed E-state index contributed by atoms with van der Waals surface area (Å²) in [6.07, 6.45) is 0.982. The van der Waals surface area contributed by atoms with E-state index in [1.165, 1.54) is 4.90 Å². The molecular weight excluding hydrogens is 266 g/mol. The van der Waals surface area contributed by atoms with Gasteiger partial charge in [-0.3, -0.25) is 4.79 Å². The molecule has 1 aliphatic rings. The number of carbonyl (C=O) groups is 1. The van der Waals surface area contributed by atoms with E-state index in [1.54, 1.807) is 0 Å². The maximum absolute atomic E-state index is 12.3. The van der Waals surface area contributed by atoms with Crippen molar-refractivity contribution < 1.29 is 4.79 Å². The van der Waals surface area contributed by atoms with E-state index >= 15 is 0 Å². The van der Waals surface area contributed by atoms with Crippen molar-refractivity contribution in [2.45, 2.75) is 32.1 Å². The number of amides is 1. The second-order valence-electron chi connectivity index (χ2n) is 6.97. The van der Waals surface area contributed by atoms with Gasteiger partial charge in [0.05, 0.1) is 0 Å². The molecule has 0 radical (unpaired) electrons. The topological polar surface area (TPSA) is 20.3 Å². The van der Waals surface area contributed by atoms with E-state index in [0.717, 1.165) is 18.7 Å². The highest BCUT2D eigenvalue weighted by Crippen LogP contribution is 2.37. The van der Waals surface area contributed by atoms with Crippen LogP contribution in [0.5, 0.6) is 0 Å². The van der Waals surface area contributed by atoms with Gasteiger partial charge < -0.3 is 4.90 Å². The first-order chi connectivity index (χ1) is 9.37. The molecule has 1 amide bonds. The first kappa shape index (κ1) is 15.4. The van der Waals surface area contributed by atoms with Gasteiger partial charge in [-0.2, -0.15) is 0 Å². The Kier molecular flexibility index (Phi) is 4.79. The van der Waals surface area contributed by atoms with Crippen LogP contribution in [0.1, 0.15) is 27.2 Å². The summed E-state index contributed by atoms with van der Waals surface area (Å²) in [4.78, 5) is 15.5. The van der Waals surface area contributed by atoms with Gasteiger partial charge in [0.2, 0.25) is 5.91 Å². The number of nitrogens with zero attached hydrogens (tertiary/aromatic N) is 1. The smallest absolute Gasteiger partial charge is 0.225 e. The Morgan fingerprint density at radius 3 is 2.50 bits per heavy atom. The van der Waals surface area contributed by atoms with Crippen LogP contribution in [0, 0.1) is 17.3 Å². The largest absolute Gasteiger partial charge is 0.345 e. The standard InChI is InChI=1S/C17H25NOS/c1-17(2,3)10-15-13(11-18(4)16(15)19)12-20-14-8-6-5-7-9-14/h5-9,13,15H,10-12H2,1-4H3/t13-,15-/m0/s1. The van der Waals surface area contributed by atoms with E-state index in [9.17, 15) is 4.79 Å². The number of rotatable bonds is 4. The Morgan fingerprint density at radius 2 is 1.90 bits per heavy atom. The van der Waals surface area contributed by atoms with Gasteiger partial charge in [0.1, 0.15) is 0 Å². The minimum absolute atomic E-state index is 0.191. The summed E-state index contributed by atoms with van der Waals surface area (Å²) in [7, 11) is 1.94. The van der Waals surface area contributed by atoms with Crippen LogP contribution in [-0.2, 0) is 4.79 Å². The molecule has 0 bridgehead atoms. The van der Waals surface area contributed by atoms with Crippen molar-refractivity contribution in [3.05, 3.63) is 30.3 Å². The van der Waals surface area contributed by atoms with Gasteiger partial charge >= 0.3 is 0 Å². The summed E-state index contributed by atoms with van der Waals surface area (Å²) < 4.78 is 0. The fourth-order valence-electron chi connectivity index (χ4n) is 2.86. The number of hydrogen-bond donors (Lipinski definition) is 0. The lowest BCUT2D eigenvalue weighted by Gasteiger charge is -2.25. The molecule has 20 heavy (non-hydrogen) atoms. The molecule has 1 aromatic rings. The fraction of sp³-hybridized carbons (Fsp3) is 0.588. The zero-order chi connectivity index (χ0) is 14.8. The summed E-state index contributed by atoms with van der Waals surface area (Å²) >= 11 is 1.87. The second-order valence-corrected chi connectivity index (χ2v) is 8.07. The molecule has 110 valence electrons. The van der Waals surface area contributed by atoms with Crippen LogP contribution in [0.15, 0.2) is 35.2 Å².